The monoisotopic (exact) mass is 368 g/mol. The zero-order valence-electron chi connectivity index (χ0n) is 14.7. The summed E-state index contributed by atoms with van der Waals surface area (Å²) < 4.78 is 39.1. The molecular formula is C17H23F3N6. The lowest BCUT2D eigenvalue weighted by molar-refractivity contribution is -0.136. The number of aromatic nitrogens is 2. The molecule has 2 aromatic rings. The van der Waals surface area contributed by atoms with Crippen molar-refractivity contribution in [2.45, 2.75) is 45.3 Å². The van der Waals surface area contributed by atoms with E-state index in [4.69, 9.17) is 11.6 Å². The van der Waals surface area contributed by atoms with Crippen molar-refractivity contribution < 1.29 is 13.2 Å². The Morgan fingerprint density at radius 3 is 2.65 bits per heavy atom. The fourth-order valence-electron chi connectivity index (χ4n) is 2.49. The third-order valence-electron chi connectivity index (χ3n) is 3.90. The van der Waals surface area contributed by atoms with E-state index in [1.165, 1.54) is 24.4 Å². The number of hydrazine groups is 1. The van der Waals surface area contributed by atoms with Gasteiger partial charge in [-0.15, -0.1) is 0 Å². The maximum atomic E-state index is 13.0. The second-order valence-corrected chi connectivity index (χ2v) is 6.03. The minimum atomic E-state index is -4.56. The molecule has 1 heterocycles. The second kappa shape index (κ2) is 8.22. The first-order chi connectivity index (χ1) is 12.2. The maximum absolute atomic E-state index is 13.0. The van der Waals surface area contributed by atoms with Gasteiger partial charge in [-0.05, 0) is 25.5 Å². The molecule has 0 aliphatic carbocycles. The van der Waals surface area contributed by atoms with E-state index in [9.17, 15) is 13.2 Å². The summed E-state index contributed by atoms with van der Waals surface area (Å²) in [4.78, 5) is 8.40. The molecule has 0 spiro atoms. The Morgan fingerprint density at radius 2 is 2.00 bits per heavy atom. The number of nitrogens with one attached hydrogen (secondary N) is 1. The minimum absolute atomic E-state index is 0.0171. The SMILES string of the molecule is CCCC[C@H](C)Nc1nccc(N(N)c2cccc(C(F)(F)F)c2N)n1. The van der Waals surface area contributed by atoms with E-state index in [1.807, 2.05) is 6.92 Å². The lowest BCUT2D eigenvalue weighted by atomic mass is 10.1. The maximum Gasteiger partial charge on any atom is 0.418 e. The molecule has 1 aromatic carbocycles. The summed E-state index contributed by atoms with van der Waals surface area (Å²) in [5.74, 6) is 6.56. The van der Waals surface area contributed by atoms with Gasteiger partial charge in [0.2, 0.25) is 5.95 Å². The highest BCUT2D eigenvalue weighted by molar-refractivity contribution is 5.75. The lowest BCUT2D eigenvalue weighted by Crippen LogP contribution is -2.28. The molecule has 0 aliphatic rings. The fourth-order valence-corrected chi connectivity index (χ4v) is 2.49. The van der Waals surface area contributed by atoms with E-state index < -0.39 is 17.4 Å². The summed E-state index contributed by atoms with van der Waals surface area (Å²) in [6.45, 7) is 4.12. The van der Waals surface area contributed by atoms with E-state index in [0.717, 1.165) is 30.3 Å². The van der Waals surface area contributed by atoms with Crippen molar-refractivity contribution >= 4 is 23.1 Å². The number of rotatable bonds is 7. The average molecular weight is 368 g/mol. The van der Waals surface area contributed by atoms with Crippen molar-refractivity contribution in [2.24, 2.45) is 5.84 Å². The highest BCUT2D eigenvalue weighted by Gasteiger charge is 2.34. The first-order valence-electron chi connectivity index (χ1n) is 8.34. The quantitative estimate of drug-likeness (QED) is 0.387. The van der Waals surface area contributed by atoms with Crippen LogP contribution in [0.15, 0.2) is 30.5 Å². The molecule has 0 radical (unpaired) electrons. The van der Waals surface area contributed by atoms with Gasteiger partial charge in [0.05, 0.1) is 16.9 Å². The molecule has 2 rings (SSSR count). The van der Waals surface area contributed by atoms with Crippen LogP contribution in [0.25, 0.3) is 0 Å². The average Bonchev–Trinajstić information content (AvgIpc) is 2.58. The van der Waals surface area contributed by atoms with Crippen molar-refractivity contribution in [3.05, 3.63) is 36.0 Å². The molecule has 0 unspecified atom stereocenters. The molecule has 0 saturated heterocycles. The smallest absolute Gasteiger partial charge is 0.396 e. The number of nitrogen functional groups attached to an aromatic ring is 1. The Kier molecular flexibility index (Phi) is 6.25. The molecule has 6 nitrogen and oxygen atoms in total. The number of para-hydroxylation sites is 1. The molecule has 1 aromatic heterocycles. The summed E-state index contributed by atoms with van der Waals surface area (Å²) in [7, 11) is 0. The number of unbranched alkanes of at least 4 members (excludes halogenated alkanes) is 1. The molecule has 0 bridgehead atoms. The molecule has 0 amide bonds. The van der Waals surface area contributed by atoms with E-state index in [2.05, 4.69) is 22.2 Å². The number of nitrogens with zero attached hydrogens (tertiary/aromatic N) is 3. The van der Waals surface area contributed by atoms with Crippen molar-refractivity contribution in [1.29, 1.82) is 0 Å². The van der Waals surface area contributed by atoms with Gasteiger partial charge in [-0.25, -0.2) is 10.8 Å². The first-order valence-corrected chi connectivity index (χ1v) is 8.34. The molecule has 0 saturated carbocycles. The highest BCUT2D eigenvalue weighted by Crippen LogP contribution is 2.38. The number of anilines is 4. The number of halogens is 3. The van der Waals surface area contributed by atoms with Crippen LogP contribution in [0.2, 0.25) is 0 Å². The van der Waals surface area contributed by atoms with E-state index in [-0.39, 0.29) is 17.5 Å². The predicted octanol–water partition coefficient (Wildman–Crippen LogP) is 4.08. The van der Waals surface area contributed by atoms with Gasteiger partial charge in [0.15, 0.2) is 5.82 Å². The number of alkyl halides is 3. The molecule has 0 fully saturated rings. The largest absolute Gasteiger partial charge is 0.418 e. The number of benzene rings is 1. The van der Waals surface area contributed by atoms with E-state index in [1.54, 1.807) is 0 Å². The normalized spacial score (nSPS) is 12.7. The summed E-state index contributed by atoms with van der Waals surface area (Å²) in [5.41, 5.74) is 4.31. The topological polar surface area (TPSA) is 93.1 Å². The summed E-state index contributed by atoms with van der Waals surface area (Å²) in [6.07, 6.45) is 0.0296. The van der Waals surface area contributed by atoms with Crippen molar-refractivity contribution in [3.8, 4) is 0 Å². The third-order valence-corrected chi connectivity index (χ3v) is 3.90. The van der Waals surface area contributed by atoms with Crippen molar-refractivity contribution in [2.75, 3.05) is 16.1 Å². The van der Waals surface area contributed by atoms with Crippen LogP contribution in [0.4, 0.5) is 36.3 Å². The molecule has 5 N–H and O–H groups in total. The van der Waals surface area contributed by atoms with Gasteiger partial charge in [0, 0.05) is 18.3 Å². The van der Waals surface area contributed by atoms with Crippen LogP contribution in [0.5, 0.6) is 0 Å². The van der Waals surface area contributed by atoms with E-state index >= 15 is 0 Å². The Morgan fingerprint density at radius 1 is 1.27 bits per heavy atom. The van der Waals surface area contributed by atoms with Gasteiger partial charge in [-0.3, -0.25) is 5.01 Å². The first kappa shape index (κ1) is 19.8. The zero-order valence-corrected chi connectivity index (χ0v) is 14.7. The Hall–Kier alpha value is -2.55. The van der Waals surface area contributed by atoms with Gasteiger partial charge < -0.3 is 11.1 Å². The lowest BCUT2D eigenvalue weighted by Gasteiger charge is -2.22. The minimum Gasteiger partial charge on any atom is -0.396 e. The standard InChI is InChI=1S/C17H23F3N6/c1-3-4-6-11(2)24-16-23-10-9-14(25-16)26(22)13-8-5-7-12(15(13)21)17(18,19)20/h5,7-11H,3-4,6,21-22H2,1-2H3,(H,23,24,25)/t11-/m0/s1. The number of nitrogens with two attached hydrogens (primary N) is 2. The van der Waals surface area contributed by atoms with Gasteiger partial charge in [0.25, 0.3) is 0 Å². The van der Waals surface area contributed by atoms with E-state index in [0.29, 0.717) is 5.95 Å². The Labute approximate surface area is 150 Å². The van der Waals surface area contributed by atoms with Crippen LogP contribution < -0.4 is 21.9 Å². The molecule has 1 atom stereocenters. The predicted molar refractivity (Wildman–Crippen MR) is 96.8 cm³/mol. The molecule has 142 valence electrons. The second-order valence-electron chi connectivity index (χ2n) is 6.03. The van der Waals surface area contributed by atoms with Crippen molar-refractivity contribution in [3.63, 3.8) is 0 Å². The van der Waals surface area contributed by atoms with Crippen LogP contribution in [0, 0.1) is 0 Å². The van der Waals surface area contributed by atoms with Crippen molar-refractivity contribution in [1.82, 2.24) is 9.97 Å². The van der Waals surface area contributed by atoms with Gasteiger partial charge in [-0.2, -0.15) is 18.2 Å². The molecule has 0 aliphatic heterocycles. The summed E-state index contributed by atoms with van der Waals surface area (Å²) in [5, 5.41) is 4.18. The Bertz CT molecular complexity index is 735. The zero-order chi connectivity index (χ0) is 19.3. The highest BCUT2D eigenvalue weighted by atomic mass is 19.4. The van der Waals surface area contributed by atoms with Gasteiger partial charge in [0.1, 0.15) is 0 Å². The summed E-state index contributed by atoms with van der Waals surface area (Å²) >= 11 is 0. The van der Waals surface area contributed by atoms with Crippen LogP contribution in [0.3, 0.4) is 0 Å². The number of hydrogen-bond acceptors (Lipinski definition) is 6. The Balaban J connectivity index is 2.25. The van der Waals surface area contributed by atoms with Crippen LogP contribution in [-0.4, -0.2) is 16.0 Å². The third kappa shape index (κ3) is 4.75. The van der Waals surface area contributed by atoms with Gasteiger partial charge >= 0.3 is 6.18 Å². The molecular weight excluding hydrogens is 345 g/mol. The summed E-state index contributed by atoms with van der Waals surface area (Å²) in [6, 6.07) is 5.23. The fraction of sp³-hybridized carbons (Fsp3) is 0.412. The van der Waals surface area contributed by atoms with Crippen LogP contribution in [-0.2, 0) is 6.18 Å². The number of hydrogen-bond donors (Lipinski definition) is 3. The van der Waals surface area contributed by atoms with Crippen LogP contribution in [0.1, 0.15) is 38.7 Å². The molecule has 26 heavy (non-hydrogen) atoms. The van der Waals surface area contributed by atoms with Gasteiger partial charge in [-0.1, -0.05) is 25.8 Å². The van der Waals surface area contributed by atoms with Crippen LogP contribution >= 0.6 is 0 Å². The molecule has 9 heteroatoms.